The number of imidazole rings is 1. The van der Waals surface area contributed by atoms with Gasteiger partial charge in [0.1, 0.15) is 17.9 Å². The van der Waals surface area contributed by atoms with E-state index in [2.05, 4.69) is 49.4 Å². The van der Waals surface area contributed by atoms with E-state index in [-0.39, 0.29) is 5.82 Å². The largest absolute Gasteiger partial charge is 0.449 e. The number of benzene rings is 1. The quantitative estimate of drug-likeness (QED) is 0.322. The minimum atomic E-state index is -0.306. The van der Waals surface area contributed by atoms with Gasteiger partial charge in [0.05, 0.1) is 22.4 Å². The summed E-state index contributed by atoms with van der Waals surface area (Å²) in [4.78, 5) is 13.4. The minimum absolute atomic E-state index is 0.306. The van der Waals surface area contributed by atoms with Crippen LogP contribution in [0.3, 0.4) is 0 Å². The van der Waals surface area contributed by atoms with Gasteiger partial charge in [-0.1, -0.05) is 12.1 Å². The highest BCUT2D eigenvalue weighted by Crippen LogP contribution is 2.32. The Hall–Kier alpha value is -3.10. The van der Waals surface area contributed by atoms with Gasteiger partial charge < -0.3 is 19.6 Å². The summed E-state index contributed by atoms with van der Waals surface area (Å²) in [6, 6.07) is 11.4. The molecule has 0 radical (unpaired) electrons. The van der Waals surface area contributed by atoms with Crippen molar-refractivity contribution in [2.75, 3.05) is 13.1 Å². The van der Waals surface area contributed by atoms with E-state index in [4.69, 9.17) is 9.40 Å². The maximum absolute atomic E-state index is 13.6. The molecule has 7 nitrogen and oxygen atoms in total. The number of halogens is 1. The Kier molecular flexibility index (Phi) is 6.73. The number of fused-ring (bicyclic) bond motifs is 1. The molecule has 2 N–H and O–H groups in total. The van der Waals surface area contributed by atoms with Gasteiger partial charge in [-0.15, -0.1) is 0 Å². The Bertz CT molecular complexity index is 1200. The molecule has 0 amide bonds. The van der Waals surface area contributed by atoms with Crippen LogP contribution in [0, 0.1) is 11.7 Å². The van der Waals surface area contributed by atoms with E-state index in [9.17, 15) is 4.39 Å². The molecule has 0 saturated heterocycles. The number of rotatable bonds is 12. The molecule has 4 aromatic rings. The van der Waals surface area contributed by atoms with Crippen molar-refractivity contribution in [3.63, 3.8) is 0 Å². The third kappa shape index (κ3) is 5.64. The fraction of sp³-hybridized carbons (Fsp3) is 0.400. The molecular formula is C25H29FN6O. The molecule has 1 aliphatic rings. The van der Waals surface area contributed by atoms with Crippen molar-refractivity contribution in [1.82, 2.24) is 30.2 Å². The molecule has 3 aromatic heterocycles. The van der Waals surface area contributed by atoms with Crippen molar-refractivity contribution in [1.29, 1.82) is 0 Å². The Balaban J connectivity index is 1.05. The third-order valence-corrected chi connectivity index (χ3v) is 5.94. The molecule has 172 valence electrons. The van der Waals surface area contributed by atoms with E-state index >= 15 is 0 Å². The summed E-state index contributed by atoms with van der Waals surface area (Å²) in [5.74, 6) is 2.36. The van der Waals surface area contributed by atoms with Crippen LogP contribution in [-0.4, -0.2) is 32.6 Å². The van der Waals surface area contributed by atoms with Crippen LogP contribution in [0.15, 0.2) is 53.3 Å². The average Bonchev–Trinajstić information content (AvgIpc) is 3.43. The lowest BCUT2D eigenvalue weighted by Crippen LogP contribution is -2.22. The Morgan fingerprint density at radius 3 is 2.76 bits per heavy atom. The van der Waals surface area contributed by atoms with Crippen molar-refractivity contribution in [3.05, 3.63) is 77.8 Å². The lowest BCUT2D eigenvalue weighted by molar-refractivity contribution is 0.483. The number of pyridine rings is 1. The van der Waals surface area contributed by atoms with Gasteiger partial charge in [-0.2, -0.15) is 0 Å². The van der Waals surface area contributed by atoms with Crippen LogP contribution in [0.2, 0.25) is 0 Å². The van der Waals surface area contributed by atoms with Gasteiger partial charge in [0.25, 0.3) is 0 Å². The Labute approximate surface area is 192 Å². The molecule has 1 fully saturated rings. The molecule has 1 aliphatic carbocycles. The molecule has 3 heterocycles. The zero-order valence-corrected chi connectivity index (χ0v) is 18.6. The fourth-order valence-electron chi connectivity index (χ4n) is 4.00. The molecule has 5 rings (SSSR count). The second-order valence-corrected chi connectivity index (χ2v) is 8.59. The number of nitrogens with one attached hydrogen (secondary N) is 2. The van der Waals surface area contributed by atoms with Gasteiger partial charge in [-0.25, -0.2) is 14.4 Å². The highest BCUT2D eigenvalue weighted by Gasteiger charge is 2.24. The molecular weight excluding hydrogens is 419 g/mol. The summed E-state index contributed by atoms with van der Waals surface area (Å²) in [6.07, 6.45) is 7.51. The van der Waals surface area contributed by atoms with Crippen LogP contribution >= 0.6 is 0 Å². The first-order valence-electron chi connectivity index (χ1n) is 11.6. The van der Waals surface area contributed by atoms with Crippen molar-refractivity contribution < 1.29 is 8.81 Å². The molecule has 8 heteroatoms. The maximum atomic E-state index is 13.6. The van der Waals surface area contributed by atoms with Crippen LogP contribution in [0.1, 0.15) is 35.9 Å². The topological polar surface area (TPSA) is 80.8 Å². The normalized spacial score (nSPS) is 13.7. The molecule has 0 atom stereocenters. The van der Waals surface area contributed by atoms with E-state index in [1.807, 2.05) is 0 Å². The molecule has 0 spiro atoms. The highest BCUT2D eigenvalue weighted by molar-refractivity contribution is 5.75. The first-order chi connectivity index (χ1) is 16.3. The van der Waals surface area contributed by atoms with Crippen molar-refractivity contribution in [3.8, 4) is 0 Å². The van der Waals surface area contributed by atoms with Crippen LogP contribution in [0.25, 0.3) is 11.0 Å². The van der Waals surface area contributed by atoms with E-state index in [0.29, 0.717) is 31.1 Å². The number of oxazole rings is 1. The number of hydrogen-bond donors (Lipinski definition) is 2. The molecule has 1 aromatic carbocycles. The van der Waals surface area contributed by atoms with Crippen LogP contribution in [-0.2, 0) is 32.5 Å². The number of hydrogen-bond acceptors (Lipinski definition) is 6. The highest BCUT2D eigenvalue weighted by atomic mass is 19.1. The Morgan fingerprint density at radius 2 is 1.88 bits per heavy atom. The van der Waals surface area contributed by atoms with Gasteiger partial charge in [0.15, 0.2) is 5.89 Å². The predicted molar refractivity (Wildman–Crippen MR) is 124 cm³/mol. The summed E-state index contributed by atoms with van der Waals surface area (Å²) in [7, 11) is 0. The second kappa shape index (κ2) is 10.2. The second-order valence-electron chi connectivity index (χ2n) is 8.59. The van der Waals surface area contributed by atoms with E-state index < -0.39 is 0 Å². The summed E-state index contributed by atoms with van der Waals surface area (Å²) in [6.45, 7) is 3.58. The summed E-state index contributed by atoms with van der Waals surface area (Å²) < 4.78 is 21.6. The summed E-state index contributed by atoms with van der Waals surface area (Å²) in [5, 5.41) is 6.63. The van der Waals surface area contributed by atoms with Gasteiger partial charge in [0, 0.05) is 51.8 Å². The lowest BCUT2D eigenvalue weighted by Gasteiger charge is -2.09. The van der Waals surface area contributed by atoms with E-state index in [0.717, 1.165) is 49.0 Å². The first kappa shape index (κ1) is 21.7. The van der Waals surface area contributed by atoms with E-state index in [1.165, 1.54) is 24.4 Å². The third-order valence-electron chi connectivity index (χ3n) is 5.94. The molecule has 0 aliphatic heterocycles. The first-order valence-corrected chi connectivity index (χ1v) is 11.6. The lowest BCUT2D eigenvalue weighted by atomic mass is 10.3. The van der Waals surface area contributed by atoms with Gasteiger partial charge >= 0.3 is 0 Å². The van der Waals surface area contributed by atoms with E-state index in [1.54, 1.807) is 18.5 Å². The molecule has 33 heavy (non-hydrogen) atoms. The molecule has 0 bridgehead atoms. The van der Waals surface area contributed by atoms with Crippen molar-refractivity contribution in [2.24, 2.45) is 5.92 Å². The SMILES string of the molecule is Fc1cccnc1CNCc1coc(CCNCCc2nc3ccccc3n2CC2CC2)n1. The molecule has 1 saturated carbocycles. The van der Waals surface area contributed by atoms with Crippen LogP contribution in [0.5, 0.6) is 0 Å². The van der Waals surface area contributed by atoms with Gasteiger partial charge in [-0.05, 0) is 43.0 Å². The zero-order valence-electron chi connectivity index (χ0n) is 18.6. The minimum Gasteiger partial charge on any atom is -0.449 e. The van der Waals surface area contributed by atoms with Crippen molar-refractivity contribution >= 4 is 11.0 Å². The predicted octanol–water partition coefficient (Wildman–Crippen LogP) is 3.63. The van der Waals surface area contributed by atoms with Gasteiger partial charge in [0.2, 0.25) is 0 Å². The maximum Gasteiger partial charge on any atom is 0.195 e. The van der Waals surface area contributed by atoms with Crippen LogP contribution < -0.4 is 10.6 Å². The monoisotopic (exact) mass is 448 g/mol. The standard InChI is InChI=1S/C25H29FN6O/c26-20-4-3-11-29-22(20)15-28-14-19-17-33-25(30-19)10-13-27-12-9-24-31-21-5-1-2-6-23(21)32(24)16-18-7-8-18/h1-6,11,17-18,27-28H,7-10,12-16H2. The number of para-hydroxylation sites is 2. The number of nitrogens with zero attached hydrogens (tertiary/aromatic N) is 4. The average molecular weight is 449 g/mol. The number of aromatic nitrogens is 4. The zero-order chi connectivity index (χ0) is 22.5. The molecule has 0 unspecified atom stereocenters. The van der Waals surface area contributed by atoms with Crippen LogP contribution in [0.4, 0.5) is 4.39 Å². The van der Waals surface area contributed by atoms with Gasteiger partial charge in [-0.3, -0.25) is 4.98 Å². The Morgan fingerprint density at radius 1 is 1.00 bits per heavy atom. The smallest absolute Gasteiger partial charge is 0.195 e. The fourth-order valence-corrected chi connectivity index (χ4v) is 4.00. The van der Waals surface area contributed by atoms with Crippen molar-refractivity contribution in [2.45, 2.75) is 45.3 Å². The summed E-state index contributed by atoms with van der Waals surface area (Å²) in [5.41, 5.74) is 3.53. The summed E-state index contributed by atoms with van der Waals surface area (Å²) >= 11 is 0.